The lowest BCUT2D eigenvalue weighted by atomic mass is 9.96. The second kappa shape index (κ2) is 9.22. The molecule has 0 bridgehead atoms. The largest absolute Gasteiger partial charge is 0.472 e. The van der Waals surface area contributed by atoms with Crippen molar-refractivity contribution in [3.05, 3.63) is 27.4 Å². The zero-order valence-corrected chi connectivity index (χ0v) is 16.8. The number of rotatable bonds is 9. The maximum atomic E-state index is 12.1. The first-order chi connectivity index (χ1) is 13.7. The van der Waals surface area contributed by atoms with Crippen LogP contribution in [-0.4, -0.2) is 75.4 Å². The Morgan fingerprint density at radius 1 is 1.57 bits per heavy atom. The highest BCUT2D eigenvalue weighted by Crippen LogP contribution is 2.45. The molecule has 0 radical (unpaired) electrons. The molecule has 2 unspecified atom stereocenters. The van der Waals surface area contributed by atoms with E-state index in [4.69, 9.17) is 30.2 Å². The Hall–Kier alpha value is -0.990. The molecular weight excluding hydrogens is 417 g/mol. The van der Waals surface area contributed by atoms with E-state index in [1.807, 2.05) is 0 Å². The van der Waals surface area contributed by atoms with Gasteiger partial charge in [-0.05, 0) is 19.1 Å². The lowest BCUT2D eigenvalue weighted by Gasteiger charge is -2.27. The van der Waals surface area contributed by atoms with Gasteiger partial charge in [-0.2, -0.15) is 0 Å². The van der Waals surface area contributed by atoms with Gasteiger partial charge < -0.3 is 30.3 Å². The lowest BCUT2D eigenvalue weighted by molar-refractivity contribution is -0.0978. The fourth-order valence-electron chi connectivity index (χ4n) is 2.45. The summed E-state index contributed by atoms with van der Waals surface area (Å²) < 4.78 is 48.4. The molecule has 0 saturated carbocycles. The summed E-state index contributed by atoms with van der Waals surface area (Å²) >= 11 is 5.00. The minimum Gasteiger partial charge on any atom is -0.387 e. The number of aromatic nitrogens is 2. The number of H-pyrrole nitrogens is 1. The van der Waals surface area contributed by atoms with Crippen molar-refractivity contribution >= 4 is 20.0 Å². The van der Waals surface area contributed by atoms with Gasteiger partial charge >= 0.3 is 7.82 Å². The molecule has 160 valence electrons. The van der Waals surface area contributed by atoms with Crippen LogP contribution in [0.3, 0.4) is 0 Å². The standard InChI is InChI=1S/C14H24N3O9PS/c1-14(20)11(19)9(7-25-27(21,22)24-6-8(15)5-23-2)26-12(14)17-4-3-10(18)16-13(17)28/h3-4,8-9,11-12,19-20H,5-7,15H2,1-2H3,(H,21,22)(H,16,18,28)/t8-,9+,11-,12+,14?/m0/s1/i7D2. The number of ether oxygens (including phenoxy) is 2. The van der Waals surface area contributed by atoms with E-state index in [1.54, 1.807) is 0 Å². The molecule has 0 aliphatic carbocycles. The van der Waals surface area contributed by atoms with Crippen molar-refractivity contribution in [3.8, 4) is 0 Å². The summed E-state index contributed by atoms with van der Waals surface area (Å²) in [5.74, 6) is 0. The van der Waals surface area contributed by atoms with Crippen LogP contribution < -0.4 is 11.3 Å². The van der Waals surface area contributed by atoms with Gasteiger partial charge in [-0.3, -0.25) is 23.4 Å². The molecule has 1 aliphatic rings. The molecule has 0 spiro atoms. The van der Waals surface area contributed by atoms with Crippen LogP contribution in [0.25, 0.3) is 0 Å². The van der Waals surface area contributed by atoms with Crippen LogP contribution in [0.2, 0.25) is 0 Å². The van der Waals surface area contributed by atoms with Gasteiger partial charge in [-0.1, -0.05) is 0 Å². The molecular formula is C14H24N3O9PS. The number of nitrogens with two attached hydrogens (primary N) is 1. The first kappa shape index (κ1) is 20.3. The van der Waals surface area contributed by atoms with E-state index in [0.717, 1.165) is 17.6 Å². The van der Waals surface area contributed by atoms with E-state index in [-0.39, 0.29) is 11.4 Å². The Labute approximate surface area is 168 Å². The van der Waals surface area contributed by atoms with Gasteiger partial charge in [0.25, 0.3) is 5.56 Å². The van der Waals surface area contributed by atoms with E-state index in [9.17, 15) is 24.5 Å². The summed E-state index contributed by atoms with van der Waals surface area (Å²) in [7, 11) is -3.61. The van der Waals surface area contributed by atoms with Crippen molar-refractivity contribution in [1.29, 1.82) is 0 Å². The topological polar surface area (TPSA) is 178 Å². The number of aromatic amines is 1. The second-order valence-corrected chi connectivity index (χ2v) is 8.05. The summed E-state index contributed by atoms with van der Waals surface area (Å²) in [6.45, 7) is -2.40. The van der Waals surface area contributed by atoms with Crippen molar-refractivity contribution in [3.63, 3.8) is 0 Å². The number of aliphatic hydroxyl groups excluding tert-OH is 1. The summed E-state index contributed by atoms with van der Waals surface area (Å²) in [5, 5.41) is 21.1. The molecule has 14 heteroatoms. The maximum absolute atomic E-state index is 12.1. The smallest absolute Gasteiger partial charge is 0.387 e. The molecule has 2 heterocycles. The summed E-state index contributed by atoms with van der Waals surface area (Å²) in [6, 6.07) is 0.310. The molecule has 0 aromatic carbocycles. The Bertz CT molecular complexity index is 911. The van der Waals surface area contributed by atoms with Gasteiger partial charge in [0, 0.05) is 19.4 Å². The zero-order valence-electron chi connectivity index (χ0n) is 17.0. The number of nitrogens with zero attached hydrogens (tertiary/aromatic N) is 1. The van der Waals surface area contributed by atoms with Crippen molar-refractivity contribution < 1.29 is 40.9 Å². The summed E-state index contributed by atoms with van der Waals surface area (Å²) in [6.07, 6.45) is -4.11. The predicted octanol–water partition coefficient (Wildman–Crippen LogP) is -0.978. The zero-order chi connectivity index (χ0) is 22.9. The quantitative estimate of drug-likeness (QED) is 0.234. The van der Waals surface area contributed by atoms with Crippen LogP contribution in [0, 0.1) is 4.77 Å². The highest BCUT2D eigenvalue weighted by Gasteiger charge is 2.53. The molecule has 28 heavy (non-hydrogen) atoms. The molecule has 6 atom stereocenters. The van der Waals surface area contributed by atoms with E-state index < -0.39 is 56.6 Å². The van der Waals surface area contributed by atoms with Gasteiger partial charge in [0.15, 0.2) is 11.0 Å². The van der Waals surface area contributed by atoms with Crippen molar-refractivity contribution in [2.45, 2.75) is 37.0 Å². The molecule has 6 N–H and O–H groups in total. The number of nitrogens with one attached hydrogen (secondary N) is 1. The molecule has 0 amide bonds. The average Bonchev–Trinajstić information content (AvgIpc) is 2.84. The minimum absolute atomic E-state index is 0.0156. The Morgan fingerprint density at radius 3 is 2.86 bits per heavy atom. The first-order valence-corrected chi connectivity index (χ1v) is 9.91. The highest BCUT2D eigenvalue weighted by atomic mass is 32.1. The van der Waals surface area contributed by atoms with Gasteiger partial charge in [-0.15, -0.1) is 0 Å². The summed E-state index contributed by atoms with van der Waals surface area (Å²) in [5.41, 5.74) is 2.94. The van der Waals surface area contributed by atoms with Crippen molar-refractivity contribution in [2.75, 3.05) is 26.9 Å². The fraction of sp³-hybridized carbons (Fsp3) is 0.714. The third-order valence-corrected chi connectivity index (χ3v) is 5.01. The Balaban J connectivity index is 2.22. The summed E-state index contributed by atoms with van der Waals surface area (Å²) in [4.78, 5) is 23.5. The van der Waals surface area contributed by atoms with Crippen LogP contribution in [0.15, 0.2) is 17.1 Å². The van der Waals surface area contributed by atoms with Crippen LogP contribution in [0.5, 0.6) is 0 Å². The van der Waals surface area contributed by atoms with Crippen LogP contribution in [0.4, 0.5) is 0 Å². The minimum atomic E-state index is -4.98. The first-order valence-electron chi connectivity index (χ1n) is 9.01. The molecule has 1 fully saturated rings. The lowest BCUT2D eigenvalue weighted by Crippen LogP contribution is -2.44. The Morgan fingerprint density at radius 2 is 2.25 bits per heavy atom. The van der Waals surface area contributed by atoms with Crippen LogP contribution in [-0.2, 0) is 23.1 Å². The molecule has 2 rings (SSSR count). The number of methoxy groups -OCH3 is 1. The van der Waals surface area contributed by atoms with Crippen molar-refractivity contribution in [2.24, 2.45) is 5.73 Å². The monoisotopic (exact) mass is 443 g/mol. The van der Waals surface area contributed by atoms with Crippen LogP contribution >= 0.6 is 20.0 Å². The van der Waals surface area contributed by atoms with Crippen molar-refractivity contribution in [1.82, 2.24) is 9.55 Å². The Kier molecular flexibility index (Phi) is 6.68. The number of aliphatic hydroxyl groups is 2. The molecule has 1 saturated heterocycles. The average molecular weight is 443 g/mol. The van der Waals surface area contributed by atoms with E-state index in [0.29, 0.717) is 0 Å². The SMILES string of the molecule is [2H]C([2H])(OP(=O)(O)OC[C@@H](N)COC)[C@H]1O[C@@H](n2ccc(=O)[nH]c2=S)C(C)(O)[C@H]1O. The maximum Gasteiger partial charge on any atom is 0.472 e. The molecule has 1 aromatic rings. The van der Waals surface area contributed by atoms with E-state index in [2.05, 4.69) is 14.0 Å². The predicted molar refractivity (Wildman–Crippen MR) is 98.0 cm³/mol. The molecule has 1 aromatic heterocycles. The normalized spacial score (nSPS) is 32.4. The number of phosphoric acid groups is 1. The fourth-order valence-corrected chi connectivity index (χ4v) is 3.38. The second-order valence-electron chi connectivity index (χ2n) is 6.29. The van der Waals surface area contributed by atoms with Crippen LogP contribution in [0.1, 0.15) is 15.9 Å². The van der Waals surface area contributed by atoms with E-state index in [1.165, 1.54) is 13.3 Å². The van der Waals surface area contributed by atoms with Gasteiger partial charge in [-0.25, -0.2) is 4.57 Å². The third kappa shape index (κ3) is 5.54. The number of hydrogen-bond acceptors (Lipinski definition) is 10. The molecule has 12 nitrogen and oxygen atoms in total. The number of phosphoric ester groups is 1. The van der Waals surface area contributed by atoms with E-state index >= 15 is 0 Å². The van der Waals surface area contributed by atoms with Gasteiger partial charge in [0.1, 0.15) is 17.8 Å². The van der Waals surface area contributed by atoms with Gasteiger partial charge in [0.05, 0.1) is 28.6 Å². The third-order valence-electron chi connectivity index (χ3n) is 3.88. The van der Waals surface area contributed by atoms with Gasteiger partial charge in [0.2, 0.25) is 0 Å². The number of hydrogen-bond donors (Lipinski definition) is 5. The molecule has 1 aliphatic heterocycles. The highest BCUT2D eigenvalue weighted by molar-refractivity contribution is 7.71.